The first kappa shape index (κ1) is 23.0. The van der Waals surface area contributed by atoms with E-state index in [9.17, 15) is 9.59 Å². The number of ether oxygens (including phenoxy) is 1. The predicted octanol–water partition coefficient (Wildman–Crippen LogP) is 4.23. The normalized spacial score (nSPS) is 13.0. The molecule has 1 aromatic heterocycles. The summed E-state index contributed by atoms with van der Waals surface area (Å²) in [6.45, 7) is 7.08. The molecule has 1 aliphatic carbocycles. The van der Waals surface area contributed by atoms with Gasteiger partial charge in [0.25, 0.3) is 5.91 Å². The van der Waals surface area contributed by atoms with Gasteiger partial charge < -0.3 is 10.1 Å². The van der Waals surface area contributed by atoms with Gasteiger partial charge in [0.1, 0.15) is 5.75 Å². The van der Waals surface area contributed by atoms with E-state index < -0.39 is 5.91 Å². The summed E-state index contributed by atoms with van der Waals surface area (Å²) in [4.78, 5) is 28.0. The number of imide groups is 1. The summed E-state index contributed by atoms with van der Waals surface area (Å²) < 4.78 is 5.68. The van der Waals surface area contributed by atoms with Gasteiger partial charge in [0.2, 0.25) is 6.41 Å². The summed E-state index contributed by atoms with van der Waals surface area (Å²) in [5, 5.41) is 5.43. The molecule has 0 saturated heterocycles. The number of nitrogens with zero attached hydrogens (tertiary/aromatic N) is 1. The van der Waals surface area contributed by atoms with E-state index in [0.717, 1.165) is 46.5 Å². The minimum atomic E-state index is -0.460. The van der Waals surface area contributed by atoms with E-state index in [0.29, 0.717) is 25.1 Å². The van der Waals surface area contributed by atoms with Gasteiger partial charge >= 0.3 is 0 Å². The van der Waals surface area contributed by atoms with Crippen LogP contribution in [0.5, 0.6) is 5.75 Å². The first-order valence-electron chi connectivity index (χ1n) is 10.8. The molecular weight excluding hydrogens is 402 g/mol. The van der Waals surface area contributed by atoms with Crippen LogP contribution in [0.25, 0.3) is 11.1 Å². The van der Waals surface area contributed by atoms with Crippen molar-refractivity contribution in [3.05, 3.63) is 82.8 Å². The van der Waals surface area contributed by atoms with Crippen LogP contribution < -0.4 is 15.4 Å². The highest BCUT2D eigenvalue weighted by atomic mass is 16.5. The van der Waals surface area contributed by atoms with Crippen molar-refractivity contribution < 1.29 is 14.3 Å². The van der Waals surface area contributed by atoms with Crippen molar-refractivity contribution in [2.75, 3.05) is 6.61 Å². The zero-order valence-electron chi connectivity index (χ0n) is 18.8. The maximum absolute atomic E-state index is 12.7. The SMILES string of the molecule is CCCOc1cnc(CN/C=C(\C(=O)NC=O)c2cc(C3=CC=CC3)ccc2C)cc1C. The monoisotopic (exact) mass is 431 g/mol. The average molecular weight is 432 g/mol. The summed E-state index contributed by atoms with van der Waals surface area (Å²) >= 11 is 0. The number of aryl methyl sites for hydroxylation is 2. The molecule has 0 saturated carbocycles. The van der Waals surface area contributed by atoms with Gasteiger partial charge in [0.15, 0.2) is 0 Å². The van der Waals surface area contributed by atoms with Crippen molar-refractivity contribution in [2.45, 2.75) is 40.2 Å². The number of nitrogens with one attached hydrogen (secondary N) is 2. The molecule has 0 aliphatic heterocycles. The molecule has 2 N–H and O–H groups in total. The lowest BCUT2D eigenvalue weighted by Crippen LogP contribution is -2.24. The number of amides is 2. The maximum atomic E-state index is 12.7. The molecule has 0 spiro atoms. The largest absolute Gasteiger partial charge is 0.492 e. The van der Waals surface area contributed by atoms with Gasteiger partial charge in [-0.1, -0.05) is 37.3 Å². The van der Waals surface area contributed by atoms with Crippen LogP contribution in [0.2, 0.25) is 0 Å². The van der Waals surface area contributed by atoms with Crippen LogP contribution in [-0.2, 0) is 16.1 Å². The molecular formula is C26H29N3O3. The standard InChI is InChI=1S/C26H29N3O3/c1-4-11-32-25-16-28-22(12-19(25)3)14-27-15-24(26(31)29-17-30)23-13-21(10-9-18(23)2)20-7-5-6-8-20/h5-7,9-10,12-13,15-17,27H,4,8,11,14H2,1-3H3,(H,29,30,31)/b24-15-. The number of hydrogen-bond donors (Lipinski definition) is 2. The van der Waals surface area contributed by atoms with E-state index in [4.69, 9.17) is 4.74 Å². The Bertz CT molecular complexity index is 1080. The molecule has 0 bridgehead atoms. The van der Waals surface area contributed by atoms with Gasteiger partial charge in [-0.25, -0.2) is 0 Å². The molecule has 0 radical (unpaired) electrons. The number of hydrogen-bond acceptors (Lipinski definition) is 5. The molecule has 166 valence electrons. The van der Waals surface area contributed by atoms with Crippen LogP contribution in [0.1, 0.15) is 47.7 Å². The number of benzene rings is 1. The van der Waals surface area contributed by atoms with Gasteiger partial charge in [-0.05, 0) is 66.6 Å². The lowest BCUT2D eigenvalue weighted by atomic mass is 9.94. The van der Waals surface area contributed by atoms with Crippen molar-refractivity contribution in [2.24, 2.45) is 0 Å². The number of allylic oxidation sites excluding steroid dienone is 4. The van der Waals surface area contributed by atoms with Gasteiger partial charge in [-0.2, -0.15) is 0 Å². The van der Waals surface area contributed by atoms with Crippen LogP contribution in [-0.4, -0.2) is 23.9 Å². The zero-order chi connectivity index (χ0) is 22.9. The summed E-state index contributed by atoms with van der Waals surface area (Å²) in [5.74, 6) is 0.319. The second kappa shape index (κ2) is 11.1. The van der Waals surface area contributed by atoms with Gasteiger partial charge in [0.05, 0.1) is 30.6 Å². The first-order chi connectivity index (χ1) is 15.5. The number of pyridine rings is 1. The Morgan fingerprint density at radius 2 is 2.06 bits per heavy atom. The minimum Gasteiger partial charge on any atom is -0.492 e. The van der Waals surface area contributed by atoms with Crippen LogP contribution >= 0.6 is 0 Å². The molecule has 1 aromatic carbocycles. The Morgan fingerprint density at radius 1 is 1.22 bits per heavy atom. The van der Waals surface area contributed by atoms with Crippen molar-refractivity contribution >= 4 is 23.5 Å². The summed E-state index contributed by atoms with van der Waals surface area (Å²) in [6.07, 6.45) is 11.8. The Kier molecular flexibility index (Phi) is 7.97. The molecule has 2 amide bonds. The number of rotatable bonds is 10. The van der Waals surface area contributed by atoms with E-state index in [2.05, 4.69) is 40.8 Å². The molecule has 6 heteroatoms. The van der Waals surface area contributed by atoms with E-state index in [1.165, 1.54) is 5.57 Å². The van der Waals surface area contributed by atoms with Crippen LogP contribution in [0.3, 0.4) is 0 Å². The van der Waals surface area contributed by atoms with Crippen molar-refractivity contribution in [1.29, 1.82) is 0 Å². The third-order valence-corrected chi connectivity index (χ3v) is 5.22. The molecule has 1 aliphatic rings. The molecule has 1 heterocycles. The number of aromatic nitrogens is 1. The van der Waals surface area contributed by atoms with Crippen molar-refractivity contribution in [3.63, 3.8) is 0 Å². The number of carbonyl (C=O) groups is 2. The molecule has 0 unspecified atom stereocenters. The topological polar surface area (TPSA) is 80.3 Å². The highest BCUT2D eigenvalue weighted by Gasteiger charge is 2.16. The van der Waals surface area contributed by atoms with Crippen LogP contribution in [0.15, 0.2) is 54.9 Å². The van der Waals surface area contributed by atoms with Crippen molar-refractivity contribution in [3.8, 4) is 5.75 Å². The molecule has 3 rings (SSSR count). The maximum Gasteiger partial charge on any atom is 0.259 e. The summed E-state index contributed by atoms with van der Waals surface area (Å²) in [5.41, 5.74) is 6.19. The predicted molar refractivity (Wildman–Crippen MR) is 127 cm³/mol. The quantitative estimate of drug-likeness (QED) is 0.435. The smallest absolute Gasteiger partial charge is 0.259 e. The summed E-state index contributed by atoms with van der Waals surface area (Å²) in [6, 6.07) is 8.00. The lowest BCUT2D eigenvalue weighted by molar-refractivity contribution is -0.121. The minimum absolute atomic E-state index is 0.391. The van der Waals surface area contributed by atoms with Crippen LogP contribution in [0.4, 0.5) is 0 Å². The van der Waals surface area contributed by atoms with E-state index in [1.54, 1.807) is 12.4 Å². The van der Waals surface area contributed by atoms with Gasteiger partial charge in [0, 0.05) is 6.20 Å². The fraction of sp³-hybridized carbons (Fsp3) is 0.269. The summed E-state index contributed by atoms with van der Waals surface area (Å²) in [7, 11) is 0. The average Bonchev–Trinajstić information content (AvgIpc) is 3.32. The highest BCUT2D eigenvalue weighted by molar-refractivity contribution is 6.22. The Labute approximate surface area is 189 Å². The van der Waals surface area contributed by atoms with E-state index in [-0.39, 0.29) is 0 Å². The Morgan fingerprint density at radius 3 is 2.75 bits per heavy atom. The third kappa shape index (κ3) is 5.72. The molecule has 32 heavy (non-hydrogen) atoms. The number of carbonyl (C=O) groups excluding carboxylic acids is 2. The van der Waals surface area contributed by atoms with E-state index >= 15 is 0 Å². The highest BCUT2D eigenvalue weighted by Crippen LogP contribution is 2.28. The molecule has 0 atom stereocenters. The molecule has 0 fully saturated rings. The Balaban J connectivity index is 1.82. The second-order valence-corrected chi connectivity index (χ2v) is 7.67. The van der Waals surface area contributed by atoms with Crippen molar-refractivity contribution in [1.82, 2.24) is 15.6 Å². The first-order valence-corrected chi connectivity index (χ1v) is 10.8. The fourth-order valence-corrected chi connectivity index (χ4v) is 3.49. The third-order valence-electron chi connectivity index (χ3n) is 5.22. The zero-order valence-corrected chi connectivity index (χ0v) is 18.8. The lowest BCUT2D eigenvalue weighted by Gasteiger charge is -2.13. The molecule has 2 aromatic rings. The molecule has 6 nitrogen and oxygen atoms in total. The second-order valence-electron chi connectivity index (χ2n) is 7.67. The van der Waals surface area contributed by atoms with E-state index in [1.807, 2.05) is 38.1 Å². The Hall–Kier alpha value is -3.67. The van der Waals surface area contributed by atoms with Crippen LogP contribution in [0, 0.1) is 13.8 Å². The van der Waals surface area contributed by atoms with Gasteiger partial charge in [-0.15, -0.1) is 0 Å². The van der Waals surface area contributed by atoms with Gasteiger partial charge in [-0.3, -0.25) is 19.9 Å². The fourth-order valence-electron chi connectivity index (χ4n) is 3.49.